The van der Waals surface area contributed by atoms with Crippen molar-refractivity contribution in [2.45, 2.75) is 79.3 Å². The zero-order valence-corrected chi connectivity index (χ0v) is 57.0. The molecule has 14 N–H and O–H groups in total. The Labute approximate surface area is 564 Å². The fraction of sp³-hybridized carbons (Fsp3) is 0.238. The smallest absolute Gasteiger partial charge is 0.349 e. The number of rotatable bonds is 26. The molecule has 0 fully saturated rings. The van der Waals surface area contributed by atoms with Gasteiger partial charge in [0.1, 0.15) is 23.9 Å². The number of hydrogen-bond donors (Lipinski definition) is 11. The van der Waals surface area contributed by atoms with Crippen molar-refractivity contribution < 1.29 is 56.6 Å². The monoisotopic (exact) mass is 1410 g/mol. The average Bonchev–Trinajstić information content (AvgIpc) is 1.65. The number of carbonyl (C=O) groups is 3. The van der Waals surface area contributed by atoms with Gasteiger partial charge in [-0.2, -0.15) is 15.0 Å². The number of nitrogens with two attached hydrogens (primary N) is 3. The van der Waals surface area contributed by atoms with E-state index in [-0.39, 0.29) is 60.8 Å². The van der Waals surface area contributed by atoms with Gasteiger partial charge in [0.25, 0.3) is 16.7 Å². The van der Waals surface area contributed by atoms with E-state index >= 15 is 0 Å². The first-order chi connectivity index (χ1) is 47.2. The lowest BCUT2D eigenvalue weighted by atomic mass is 10.1. The molecule has 0 bridgehead atoms. The number of nitrogen functional groups attached to an aromatic ring is 3. The number of aromatic amines is 3. The summed E-state index contributed by atoms with van der Waals surface area (Å²) in [6.07, 6.45) is 9.12. The average molecular weight is 1420 g/mol. The van der Waals surface area contributed by atoms with E-state index in [1.165, 1.54) is 50.5 Å². The molecule has 10 aromatic rings. The van der Waals surface area contributed by atoms with E-state index in [9.17, 15) is 42.5 Å². The lowest BCUT2D eigenvalue weighted by Crippen LogP contribution is -2.41. The molecule has 6 aromatic heterocycles. The van der Waals surface area contributed by atoms with Gasteiger partial charge in [-0.15, -0.1) is 0 Å². The molecule has 10 rings (SSSR count). The standard InChI is InChI=1S/C25H27N6O5P.C24H32N7O6P.C14H14N5O4P/c1-3-35-24(33)17(2)30-37(34,36-20-11-5-4-6-12-20)14-13-18-9-7-8-10-19(18)15-31-16-27-21-22(31)28-25(26)29-23(21)32;1-5-36-22(33)15(3)29-38(35,30-16(4)23(34)37-6-2)12-11-17-9-7-8-10-18(17)13-31-14-26-19-20(31)27-24(25)28-21(19)32;15-14-17-12-11(13(20)18-14)16-8-19(12)7-10-4-2-1-3-9(10)5-6-24(21,22)23/h4-14,16-17H,3,15H2,1-2H3,(H,30,34)(H3,26,28,29,32);7-12,14-16H,5-6,13H2,1-4H3,(H2,29,30,35)(H3,25,27,28,32);1-6,8H,7H2,(H2,21,22,23)(H3,15,17,18,20)/b14-13+;12-11+;6-5+/t17-,37?;15-,16+,38?;/m1../s1. The van der Waals surface area contributed by atoms with E-state index < -0.39 is 75.3 Å². The lowest BCUT2D eigenvalue weighted by Gasteiger charge is -2.24. The van der Waals surface area contributed by atoms with Crippen LogP contribution < -0.4 is 53.7 Å². The van der Waals surface area contributed by atoms with Gasteiger partial charge in [-0.25, -0.2) is 30.2 Å². The van der Waals surface area contributed by atoms with Crippen LogP contribution in [-0.2, 0) is 61.9 Å². The van der Waals surface area contributed by atoms with Crippen molar-refractivity contribution in [3.63, 3.8) is 0 Å². The predicted molar refractivity (Wildman–Crippen MR) is 373 cm³/mol. The first-order valence-corrected chi connectivity index (χ1v) is 35.6. The quantitative estimate of drug-likeness (QED) is 0.0158. The van der Waals surface area contributed by atoms with E-state index in [1.54, 1.807) is 96.0 Å². The maximum atomic E-state index is 13.9. The van der Waals surface area contributed by atoms with E-state index in [4.69, 9.17) is 45.7 Å². The molecule has 0 aliphatic heterocycles. The highest BCUT2D eigenvalue weighted by molar-refractivity contribution is 7.63. The van der Waals surface area contributed by atoms with Gasteiger partial charge in [-0.3, -0.25) is 57.4 Å². The summed E-state index contributed by atoms with van der Waals surface area (Å²) in [6, 6.07) is 27.8. The third-order valence-electron chi connectivity index (χ3n) is 14.1. The summed E-state index contributed by atoms with van der Waals surface area (Å²) in [5, 5.41) is 8.34. The summed E-state index contributed by atoms with van der Waals surface area (Å²) in [5.41, 5.74) is 21.7. The van der Waals surface area contributed by atoms with Gasteiger partial charge in [-0.1, -0.05) is 91.0 Å². The molecule has 4 aromatic carbocycles. The molecule has 520 valence electrons. The van der Waals surface area contributed by atoms with Crippen LogP contribution in [0, 0.1) is 0 Å². The molecule has 0 saturated carbocycles. The molecular weight excluding hydrogens is 1340 g/mol. The van der Waals surface area contributed by atoms with Gasteiger partial charge in [0.15, 0.2) is 33.5 Å². The van der Waals surface area contributed by atoms with Gasteiger partial charge in [0.2, 0.25) is 25.3 Å². The molecule has 0 radical (unpaired) electrons. The molecule has 0 aliphatic carbocycles. The normalized spacial score (nSPS) is 13.8. The third-order valence-corrected chi connectivity index (χ3v) is 18.5. The molecule has 0 amide bonds. The number of carbonyl (C=O) groups excluding carboxylic acids is 3. The first kappa shape index (κ1) is 74.0. The molecular formula is C63H73N18O15P3. The first-order valence-electron chi connectivity index (χ1n) is 30.4. The van der Waals surface area contributed by atoms with Crippen LogP contribution in [0.4, 0.5) is 17.8 Å². The summed E-state index contributed by atoms with van der Waals surface area (Å²) in [4.78, 5) is 123. The number of nitrogens with one attached hydrogen (secondary N) is 6. The van der Waals surface area contributed by atoms with Crippen LogP contribution in [0.15, 0.2) is 154 Å². The van der Waals surface area contributed by atoms with Crippen molar-refractivity contribution >= 4 is 110 Å². The maximum absolute atomic E-state index is 13.9. The highest BCUT2D eigenvalue weighted by atomic mass is 31.2. The van der Waals surface area contributed by atoms with Gasteiger partial charge in [0.05, 0.1) is 58.4 Å². The molecule has 0 aliphatic rings. The number of H-pyrrole nitrogens is 3. The van der Waals surface area contributed by atoms with E-state index in [0.717, 1.165) is 28.1 Å². The lowest BCUT2D eigenvalue weighted by molar-refractivity contribution is -0.145. The zero-order chi connectivity index (χ0) is 71.6. The molecule has 0 spiro atoms. The van der Waals surface area contributed by atoms with Crippen LogP contribution in [-0.4, -0.2) is 124 Å². The summed E-state index contributed by atoms with van der Waals surface area (Å²) in [6.45, 7) is 11.1. The number of ether oxygens (including phenoxy) is 3. The Hall–Kier alpha value is -10.8. The minimum Gasteiger partial charge on any atom is -0.465 e. The molecule has 5 atom stereocenters. The number of imidazole rings is 3. The van der Waals surface area contributed by atoms with Crippen molar-refractivity contribution in [2.24, 2.45) is 0 Å². The fourth-order valence-electron chi connectivity index (χ4n) is 9.54. The second-order valence-electron chi connectivity index (χ2n) is 21.6. The molecule has 99 heavy (non-hydrogen) atoms. The molecule has 0 saturated heterocycles. The molecule has 6 heterocycles. The van der Waals surface area contributed by atoms with E-state index in [0.29, 0.717) is 46.9 Å². The number of benzene rings is 4. The van der Waals surface area contributed by atoms with Crippen molar-refractivity contribution in [2.75, 3.05) is 37.0 Å². The Kier molecular flexibility index (Phi) is 25.0. The van der Waals surface area contributed by atoms with Crippen LogP contribution in [0.1, 0.15) is 74.9 Å². The van der Waals surface area contributed by atoms with Crippen LogP contribution >= 0.6 is 22.6 Å². The summed E-state index contributed by atoms with van der Waals surface area (Å²) in [5.74, 6) is 2.29. The van der Waals surface area contributed by atoms with E-state index in [2.05, 4.69) is 60.1 Å². The van der Waals surface area contributed by atoms with Gasteiger partial charge >= 0.3 is 33.0 Å². The van der Waals surface area contributed by atoms with Crippen molar-refractivity contribution in [3.8, 4) is 5.75 Å². The predicted octanol–water partition coefficient (Wildman–Crippen LogP) is 6.43. The molecule has 36 heteroatoms. The van der Waals surface area contributed by atoms with Crippen molar-refractivity contribution in [1.82, 2.24) is 73.8 Å². The van der Waals surface area contributed by atoms with E-state index in [1.807, 2.05) is 60.7 Å². The van der Waals surface area contributed by atoms with Crippen molar-refractivity contribution in [1.29, 1.82) is 0 Å². The Morgan fingerprint density at radius 2 is 0.818 bits per heavy atom. The number of hydrogen-bond acceptors (Lipinski definition) is 22. The number of para-hydroxylation sites is 1. The highest BCUT2D eigenvalue weighted by Crippen LogP contribution is 2.46. The highest BCUT2D eigenvalue weighted by Gasteiger charge is 2.31. The summed E-state index contributed by atoms with van der Waals surface area (Å²) < 4.78 is 64.7. The fourth-order valence-corrected chi connectivity index (χ4v) is 13.5. The van der Waals surface area contributed by atoms with Gasteiger partial charge in [0, 0.05) is 17.5 Å². The Morgan fingerprint density at radius 1 is 0.495 bits per heavy atom. The number of esters is 3. The van der Waals surface area contributed by atoms with Crippen LogP contribution in [0.3, 0.4) is 0 Å². The van der Waals surface area contributed by atoms with Crippen molar-refractivity contribution in [3.05, 3.63) is 204 Å². The minimum atomic E-state index is -4.25. The second-order valence-corrected chi connectivity index (χ2v) is 27.1. The number of aromatic nitrogens is 12. The summed E-state index contributed by atoms with van der Waals surface area (Å²) >= 11 is 0. The third kappa shape index (κ3) is 20.4. The van der Waals surface area contributed by atoms with Crippen LogP contribution in [0.5, 0.6) is 5.75 Å². The van der Waals surface area contributed by atoms with Gasteiger partial charge in [-0.05, 0) is 105 Å². The Balaban J connectivity index is 0.000000194. The summed E-state index contributed by atoms with van der Waals surface area (Å²) in [7, 11) is -11.6. The second kappa shape index (κ2) is 33.5. The Bertz CT molecular complexity index is 4930. The van der Waals surface area contributed by atoms with Gasteiger partial charge < -0.3 is 59.4 Å². The largest absolute Gasteiger partial charge is 0.465 e. The zero-order valence-electron chi connectivity index (χ0n) is 54.3. The number of anilines is 3. The minimum absolute atomic E-state index is 0.00627. The maximum Gasteiger partial charge on any atom is 0.349 e. The number of fused-ring (bicyclic) bond motifs is 3. The van der Waals surface area contributed by atoms with Crippen LogP contribution in [0.25, 0.3) is 51.7 Å². The Morgan fingerprint density at radius 3 is 1.17 bits per heavy atom. The molecule has 33 nitrogen and oxygen atoms in total. The SMILES string of the molecule is CCOC(=O)[C@@H](C)NP(=O)(/C=C/c1ccccc1Cn1cnc2c(=O)[nH]c(N)nc21)Oc1ccccc1.CCOC(=O)[C@H](C)NP(=O)(/C=C/c1ccccc1Cn1cnc2c(=O)[nH]c(N)nc21)N[C@H](C)C(=O)OCC.Nc1nc2c(ncn2Cc2ccccc2/C=C/P(=O)(O)O)c(=O)[nH]1. The topological polar surface area (TPSA) is 485 Å². The van der Waals surface area contributed by atoms with Crippen LogP contribution in [0.2, 0.25) is 0 Å². The number of nitrogens with zero attached hydrogens (tertiary/aromatic N) is 9. The molecule has 2 unspecified atom stereocenters.